The summed E-state index contributed by atoms with van der Waals surface area (Å²) in [5.74, 6) is 0. The standard InChI is InChI=1S/C8H10N4/c1-12-8-3-7(10)6(9)2-5(8)4-11-12/h2-4H,9-10H2,1H3. The zero-order valence-electron chi connectivity index (χ0n) is 6.78. The van der Waals surface area contributed by atoms with Gasteiger partial charge in [-0.2, -0.15) is 5.10 Å². The van der Waals surface area contributed by atoms with Crippen LogP contribution >= 0.6 is 0 Å². The molecular formula is C8H10N4. The first kappa shape index (κ1) is 6.97. The number of rotatable bonds is 0. The van der Waals surface area contributed by atoms with Gasteiger partial charge in [-0.3, -0.25) is 4.68 Å². The molecule has 62 valence electrons. The Morgan fingerprint density at radius 3 is 2.67 bits per heavy atom. The van der Waals surface area contributed by atoms with E-state index in [-0.39, 0.29) is 0 Å². The van der Waals surface area contributed by atoms with Crippen LogP contribution in [0, 0.1) is 0 Å². The minimum atomic E-state index is 0.603. The first-order valence-electron chi connectivity index (χ1n) is 3.65. The van der Waals surface area contributed by atoms with Crippen molar-refractivity contribution in [3.8, 4) is 0 Å². The molecule has 0 saturated carbocycles. The van der Waals surface area contributed by atoms with Gasteiger partial charge in [-0.15, -0.1) is 0 Å². The maximum absolute atomic E-state index is 5.65. The summed E-state index contributed by atoms with van der Waals surface area (Å²) in [4.78, 5) is 0. The van der Waals surface area contributed by atoms with E-state index in [1.165, 1.54) is 0 Å². The topological polar surface area (TPSA) is 69.9 Å². The number of hydrogen-bond donors (Lipinski definition) is 2. The van der Waals surface area contributed by atoms with Gasteiger partial charge in [0, 0.05) is 12.4 Å². The van der Waals surface area contributed by atoms with E-state index in [9.17, 15) is 0 Å². The van der Waals surface area contributed by atoms with Crippen LogP contribution in [0.5, 0.6) is 0 Å². The molecule has 0 bridgehead atoms. The molecule has 0 atom stereocenters. The second kappa shape index (κ2) is 2.14. The van der Waals surface area contributed by atoms with Gasteiger partial charge in [-0.1, -0.05) is 0 Å². The van der Waals surface area contributed by atoms with Gasteiger partial charge in [0.05, 0.1) is 23.1 Å². The Labute approximate surface area is 69.8 Å². The zero-order valence-corrected chi connectivity index (χ0v) is 6.78. The fraction of sp³-hybridized carbons (Fsp3) is 0.125. The summed E-state index contributed by atoms with van der Waals surface area (Å²) < 4.78 is 1.77. The SMILES string of the molecule is Cn1ncc2cc(N)c(N)cc21. The van der Waals surface area contributed by atoms with Crippen LogP contribution in [0.3, 0.4) is 0 Å². The van der Waals surface area contributed by atoms with Crippen LogP contribution in [0.4, 0.5) is 11.4 Å². The number of nitrogen functional groups attached to an aromatic ring is 2. The summed E-state index contributed by atoms with van der Waals surface area (Å²) in [7, 11) is 1.87. The summed E-state index contributed by atoms with van der Waals surface area (Å²) in [5, 5.41) is 5.10. The third-order valence-electron chi connectivity index (χ3n) is 1.95. The number of nitrogens with two attached hydrogens (primary N) is 2. The van der Waals surface area contributed by atoms with Crippen molar-refractivity contribution in [1.29, 1.82) is 0 Å². The highest BCUT2D eigenvalue weighted by Crippen LogP contribution is 2.22. The second-order valence-electron chi connectivity index (χ2n) is 2.81. The van der Waals surface area contributed by atoms with Crippen molar-refractivity contribution in [1.82, 2.24) is 9.78 Å². The highest BCUT2D eigenvalue weighted by molar-refractivity contribution is 5.88. The molecule has 0 amide bonds. The molecule has 0 radical (unpaired) electrons. The molecule has 1 heterocycles. The van der Waals surface area contributed by atoms with Crippen LogP contribution in [0.1, 0.15) is 0 Å². The van der Waals surface area contributed by atoms with Crippen LogP contribution in [0.2, 0.25) is 0 Å². The van der Waals surface area contributed by atoms with E-state index in [1.807, 2.05) is 19.2 Å². The fourth-order valence-electron chi connectivity index (χ4n) is 1.23. The molecule has 0 aliphatic heterocycles. The summed E-state index contributed by atoms with van der Waals surface area (Å²) >= 11 is 0. The molecule has 1 aromatic carbocycles. The summed E-state index contributed by atoms with van der Waals surface area (Å²) in [6.45, 7) is 0. The number of fused-ring (bicyclic) bond motifs is 1. The van der Waals surface area contributed by atoms with Crippen molar-refractivity contribution in [3.05, 3.63) is 18.3 Å². The molecule has 2 rings (SSSR count). The Kier molecular flexibility index (Phi) is 1.24. The fourth-order valence-corrected chi connectivity index (χ4v) is 1.23. The van der Waals surface area contributed by atoms with Crippen molar-refractivity contribution < 1.29 is 0 Å². The molecule has 4 heteroatoms. The maximum Gasteiger partial charge on any atom is 0.0701 e. The second-order valence-corrected chi connectivity index (χ2v) is 2.81. The Morgan fingerprint density at radius 2 is 1.92 bits per heavy atom. The molecular weight excluding hydrogens is 152 g/mol. The van der Waals surface area contributed by atoms with Gasteiger partial charge in [0.15, 0.2) is 0 Å². The smallest absolute Gasteiger partial charge is 0.0701 e. The number of aryl methyl sites for hydroxylation is 1. The molecule has 1 aromatic heterocycles. The minimum absolute atomic E-state index is 0.603. The lowest BCUT2D eigenvalue weighted by Gasteiger charge is -2.00. The number of aromatic nitrogens is 2. The Balaban J connectivity index is 2.87. The lowest BCUT2D eigenvalue weighted by atomic mass is 10.2. The van der Waals surface area contributed by atoms with Crippen LogP contribution in [-0.4, -0.2) is 9.78 Å². The van der Waals surface area contributed by atoms with Crippen LogP contribution in [0.15, 0.2) is 18.3 Å². The first-order valence-corrected chi connectivity index (χ1v) is 3.65. The molecule has 4 N–H and O–H groups in total. The zero-order chi connectivity index (χ0) is 8.72. The van der Waals surface area contributed by atoms with Crippen molar-refractivity contribution in [2.75, 3.05) is 11.5 Å². The maximum atomic E-state index is 5.65. The summed E-state index contributed by atoms with van der Waals surface area (Å²) in [6.07, 6.45) is 1.77. The van der Waals surface area contributed by atoms with E-state index in [4.69, 9.17) is 11.5 Å². The van der Waals surface area contributed by atoms with Gasteiger partial charge >= 0.3 is 0 Å². The largest absolute Gasteiger partial charge is 0.397 e. The third-order valence-corrected chi connectivity index (χ3v) is 1.95. The minimum Gasteiger partial charge on any atom is -0.397 e. The Bertz CT molecular complexity index is 430. The van der Waals surface area contributed by atoms with Crippen LogP contribution < -0.4 is 11.5 Å². The van der Waals surface area contributed by atoms with Crippen molar-refractivity contribution in [2.45, 2.75) is 0 Å². The monoisotopic (exact) mass is 162 g/mol. The van der Waals surface area contributed by atoms with E-state index in [0.29, 0.717) is 11.4 Å². The molecule has 0 spiro atoms. The highest BCUT2D eigenvalue weighted by Gasteiger charge is 2.01. The number of anilines is 2. The van der Waals surface area contributed by atoms with Gasteiger partial charge in [0.1, 0.15) is 0 Å². The van der Waals surface area contributed by atoms with E-state index in [2.05, 4.69) is 5.10 Å². The van der Waals surface area contributed by atoms with Gasteiger partial charge in [-0.25, -0.2) is 0 Å². The number of nitrogens with zero attached hydrogens (tertiary/aromatic N) is 2. The normalized spacial score (nSPS) is 10.8. The average Bonchev–Trinajstić information content (AvgIpc) is 2.35. The lowest BCUT2D eigenvalue weighted by molar-refractivity contribution is 0.797. The first-order chi connectivity index (χ1) is 5.68. The Morgan fingerprint density at radius 1 is 1.25 bits per heavy atom. The molecule has 2 aromatic rings. The predicted octanol–water partition coefficient (Wildman–Crippen LogP) is 0.738. The summed E-state index contributed by atoms with van der Waals surface area (Å²) in [5.41, 5.74) is 13.5. The van der Waals surface area contributed by atoms with Crippen molar-refractivity contribution in [2.24, 2.45) is 7.05 Å². The third kappa shape index (κ3) is 0.812. The van der Waals surface area contributed by atoms with Crippen LogP contribution in [-0.2, 0) is 7.05 Å². The predicted molar refractivity (Wildman–Crippen MR) is 49.5 cm³/mol. The van der Waals surface area contributed by atoms with E-state index >= 15 is 0 Å². The van der Waals surface area contributed by atoms with Gasteiger partial charge < -0.3 is 11.5 Å². The van der Waals surface area contributed by atoms with E-state index < -0.39 is 0 Å². The molecule has 0 aliphatic rings. The molecule has 4 nitrogen and oxygen atoms in total. The van der Waals surface area contributed by atoms with Crippen molar-refractivity contribution in [3.63, 3.8) is 0 Å². The van der Waals surface area contributed by atoms with Gasteiger partial charge in [0.2, 0.25) is 0 Å². The van der Waals surface area contributed by atoms with E-state index in [1.54, 1.807) is 10.9 Å². The Hall–Kier alpha value is -1.71. The molecule has 0 aliphatic carbocycles. The summed E-state index contributed by atoms with van der Waals surface area (Å²) in [6, 6.07) is 3.66. The van der Waals surface area contributed by atoms with E-state index in [0.717, 1.165) is 10.9 Å². The van der Waals surface area contributed by atoms with Gasteiger partial charge in [0.25, 0.3) is 0 Å². The quantitative estimate of drug-likeness (QED) is 0.561. The van der Waals surface area contributed by atoms with Crippen molar-refractivity contribution >= 4 is 22.3 Å². The number of hydrogen-bond acceptors (Lipinski definition) is 3. The lowest BCUT2D eigenvalue weighted by Crippen LogP contribution is -1.95. The molecule has 0 saturated heterocycles. The van der Waals surface area contributed by atoms with Gasteiger partial charge in [-0.05, 0) is 12.1 Å². The average molecular weight is 162 g/mol. The molecule has 0 unspecified atom stereocenters. The number of benzene rings is 1. The molecule has 12 heavy (non-hydrogen) atoms. The highest BCUT2D eigenvalue weighted by atomic mass is 15.2. The molecule has 0 fully saturated rings. The van der Waals surface area contributed by atoms with Crippen LogP contribution in [0.25, 0.3) is 10.9 Å².